The molecule has 0 spiro atoms. The Bertz CT molecular complexity index is 966. The SMILES string of the molecule is CCC(=O)c1ccc(OCC(=O)NC(c2ccccc2)c2ccc(OC)cc2)cc1. The summed E-state index contributed by atoms with van der Waals surface area (Å²) in [6, 6.07) is 23.9. The molecule has 0 aliphatic carbocycles. The summed E-state index contributed by atoms with van der Waals surface area (Å²) >= 11 is 0. The lowest BCUT2D eigenvalue weighted by Gasteiger charge is -2.20. The van der Waals surface area contributed by atoms with Crippen LogP contribution in [0.1, 0.15) is 40.9 Å². The van der Waals surface area contributed by atoms with E-state index in [4.69, 9.17) is 9.47 Å². The highest BCUT2D eigenvalue weighted by Gasteiger charge is 2.17. The van der Waals surface area contributed by atoms with Gasteiger partial charge in [0.05, 0.1) is 13.2 Å². The summed E-state index contributed by atoms with van der Waals surface area (Å²) in [5, 5.41) is 3.04. The summed E-state index contributed by atoms with van der Waals surface area (Å²) in [6.07, 6.45) is 0.453. The molecule has 1 N–H and O–H groups in total. The van der Waals surface area contributed by atoms with Gasteiger partial charge in [0.25, 0.3) is 5.91 Å². The van der Waals surface area contributed by atoms with Crippen LogP contribution in [0.4, 0.5) is 0 Å². The number of rotatable bonds is 9. The molecule has 3 aromatic rings. The molecule has 154 valence electrons. The second-order valence-electron chi connectivity index (χ2n) is 6.77. The van der Waals surface area contributed by atoms with E-state index in [0.29, 0.717) is 17.7 Å². The fourth-order valence-corrected chi connectivity index (χ4v) is 3.09. The van der Waals surface area contributed by atoms with Crippen molar-refractivity contribution in [2.75, 3.05) is 13.7 Å². The molecule has 0 heterocycles. The maximum atomic E-state index is 12.6. The Balaban J connectivity index is 1.68. The van der Waals surface area contributed by atoms with E-state index in [0.717, 1.165) is 16.9 Å². The van der Waals surface area contributed by atoms with Crippen LogP contribution >= 0.6 is 0 Å². The zero-order chi connectivity index (χ0) is 21.3. The van der Waals surface area contributed by atoms with Crippen molar-refractivity contribution in [1.29, 1.82) is 0 Å². The fraction of sp³-hybridized carbons (Fsp3) is 0.200. The van der Waals surface area contributed by atoms with Gasteiger partial charge in [-0.15, -0.1) is 0 Å². The number of ketones is 1. The van der Waals surface area contributed by atoms with Crippen LogP contribution in [0.25, 0.3) is 0 Å². The summed E-state index contributed by atoms with van der Waals surface area (Å²) in [4.78, 5) is 24.3. The van der Waals surface area contributed by atoms with E-state index in [1.165, 1.54) is 0 Å². The lowest BCUT2D eigenvalue weighted by Crippen LogP contribution is -2.33. The highest BCUT2D eigenvalue weighted by Crippen LogP contribution is 2.24. The van der Waals surface area contributed by atoms with Gasteiger partial charge in [0, 0.05) is 12.0 Å². The minimum Gasteiger partial charge on any atom is -0.497 e. The quantitative estimate of drug-likeness (QED) is 0.532. The van der Waals surface area contributed by atoms with Crippen LogP contribution in [0.2, 0.25) is 0 Å². The van der Waals surface area contributed by atoms with E-state index >= 15 is 0 Å². The zero-order valence-electron chi connectivity index (χ0n) is 17.1. The Labute approximate surface area is 176 Å². The van der Waals surface area contributed by atoms with Crippen molar-refractivity contribution in [1.82, 2.24) is 5.32 Å². The van der Waals surface area contributed by atoms with Crippen LogP contribution in [0.5, 0.6) is 11.5 Å². The van der Waals surface area contributed by atoms with Gasteiger partial charge in [-0.1, -0.05) is 49.4 Å². The average Bonchev–Trinajstić information content (AvgIpc) is 2.81. The number of amides is 1. The molecule has 1 unspecified atom stereocenters. The van der Waals surface area contributed by atoms with Crippen molar-refractivity contribution in [2.45, 2.75) is 19.4 Å². The molecule has 0 fully saturated rings. The summed E-state index contributed by atoms with van der Waals surface area (Å²) in [5.74, 6) is 1.13. The Hall–Kier alpha value is -3.60. The minimum absolute atomic E-state index is 0.0736. The number of benzene rings is 3. The van der Waals surface area contributed by atoms with Crippen molar-refractivity contribution in [3.8, 4) is 11.5 Å². The third-order valence-corrected chi connectivity index (χ3v) is 4.75. The van der Waals surface area contributed by atoms with Crippen molar-refractivity contribution in [2.24, 2.45) is 0 Å². The molecule has 5 nitrogen and oxygen atoms in total. The molecule has 3 aromatic carbocycles. The van der Waals surface area contributed by atoms with Crippen LogP contribution < -0.4 is 14.8 Å². The van der Waals surface area contributed by atoms with Gasteiger partial charge in [-0.05, 0) is 47.5 Å². The van der Waals surface area contributed by atoms with Gasteiger partial charge in [0.2, 0.25) is 0 Å². The summed E-state index contributed by atoms with van der Waals surface area (Å²) < 4.78 is 10.8. The maximum Gasteiger partial charge on any atom is 0.258 e. The van der Waals surface area contributed by atoms with Gasteiger partial charge < -0.3 is 14.8 Å². The molecule has 3 rings (SSSR count). The number of carbonyl (C=O) groups excluding carboxylic acids is 2. The fourth-order valence-electron chi connectivity index (χ4n) is 3.09. The third kappa shape index (κ3) is 5.47. The second-order valence-corrected chi connectivity index (χ2v) is 6.77. The largest absolute Gasteiger partial charge is 0.497 e. The summed E-state index contributed by atoms with van der Waals surface area (Å²) in [6.45, 7) is 1.70. The van der Waals surface area contributed by atoms with Crippen molar-refractivity contribution < 1.29 is 19.1 Å². The highest BCUT2D eigenvalue weighted by molar-refractivity contribution is 5.95. The topological polar surface area (TPSA) is 64.6 Å². The molecule has 1 amide bonds. The van der Waals surface area contributed by atoms with Gasteiger partial charge in [0.1, 0.15) is 11.5 Å². The van der Waals surface area contributed by atoms with Crippen LogP contribution in [-0.4, -0.2) is 25.4 Å². The highest BCUT2D eigenvalue weighted by atomic mass is 16.5. The predicted molar refractivity (Wildman–Crippen MR) is 116 cm³/mol. The lowest BCUT2D eigenvalue weighted by molar-refractivity contribution is -0.123. The van der Waals surface area contributed by atoms with E-state index < -0.39 is 0 Å². The monoisotopic (exact) mass is 403 g/mol. The van der Waals surface area contributed by atoms with Crippen LogP contribution in [-0.2, 0) is 4.79 Å². The third-order valence-electron chi connectivity index (χ3n) is 4.75. The van der Waals surface area contributed by atoms with Crippen LogP contribution in [0.15, 0.2) is 78.9 Å². The van der Waals surface area contributed by atoms with E-state index in [-0.39, 0.29) is 24.3 Å². The van der Waals surface area contributed by atoms with Gasteiger partial charge in [-0.2, -0.15) is 0 Å². The Kier molecular flexibility index (Phi) is 7.22. The van der Waals surface area contributed by atoms with E-state index in [1.807, 2.05) is 61.5 Å². The molecular weight excluding hydrogens is 378 g/mol. The van der Waals surface area contributed by atoms with Gasteiger partial charge in [-0.3, -0.25) is 9.59 Å². The molecule has 0 saturated carbocycles. The smallest absolute Gasteiger partial charge is 0.258 e. The first-order valence-electron chi connectivity index (χ1n) is 9.85. The first kappa shape index (κ1) is 21.1. The molecule has 0 aromatic heterocycles. The molecule has 30 heavy (non-hydrogen) atoms. The number of carbonyl (C=O) groups is 2. The molecule has 5 heteroatoms. The summed E-state index contributed by atoms with van der Waals surface area (Å²) in [7, 11) is 1.62. The van der Waals surface area contributed by atoms with Gasteiger partial charge in [-0.25, -0.2) is 0 Å². The Morgan fingerprint density at radius 1 is 0.833 bits per heavy atom. The Morgan fingerprint density at radius 3 is 2.03 bits per heavy atom. The summed E-state index contributed by atoms with van der Waals surface area (Å²) in [5.41, 5.74) is 2.55. The number of hydrogen-bond acceptors (Lipinski definition) is 4. The molecule has 1 atom stereocenters. The van der Waals surface area contributed by atoms with Crippen LogP contribution in [0, 0.1) is 0 Å². The molecule has 0 radical (unpaired) electrons. The zero-order valence-corrected chi connectivity index (χ0v) is 17.1. The van der Waals surface area contributed by atoms with Crippen LogP contribution in [0.3, 0.4) is 0 Å². The first-order valence-corrected chi connectivity index (χ1v) is 9.85. The molecule has 0 aliphatic heterocycles. The van der Waals surface area contributed by atoms with E-state index in [2.05, 4.69) is 5.32 Å². The van der Waals surface area contributed by atoms with Crippen molar-refractivity contribution in [3.63, 3.8) is 0 Å². The predicted octanol–water partition coefficient (Wildman–Crippen LogP) is 4.57. The Morgan fingerprint density at radius 2 is 1.43 bits per heavy atom. The lowest BCUT2D eigenvalue weighted by atomic mass is 9.98. The molecular formula is C25H25NO4. The number of ether oxygens (including phenoxy) is 2. The normalized spacial score (nSPS) is 11.4. The number of Topliss-reactive ketones (excluding diaryl/α,β-unsaturated/α-hetero) is 1. The molecule has 0 aliphatic rings. The second kappa shape index (κ2) is 10.3. The molecule has 0 bridgehead atoms. The van der Waals surface area contributed by atoms with Crippen molar-refractivity contribution >= 4 is 11.7 Å². The number of hydrogen-bond donors (Lipinski definition) is 1. The van der Waals surface area contributed by atoms with E-state index in [1.54, 1.807) is 31.4 Å². The number of nitrogens with one attached hydrogen (secondary N) is 1. The molecule has 0 saturated heterocycles. The van der Waals surface area contributed by atoms with Gasteiger partial charge >= 0.3 is 0 Å². The van der Waals surface area contributed by atoms with E-state index in [9.17, 15) is 9.59 Å². The van der Waals surface area contributed by atoms with Gasteiger partial charge in [0.15, 0.2) is 12.4 Å². The number of methoxy groups -OCH3 is 1. The van der Waals surface area contributed by atoms with Crippen molar-refractivity contribution in [3.05, 3.63) is 95.6 Å². The first-order chi connectivity index (χ1) is 14.6. The average molecular weight is 403 g/mol. The minimum atomic E-state index is -0.308. The standard InChI is InChI=1S/C25H25NO4/c1-3-23(27)18-9-15-22(16-10-18)30-17-24(28)26-25(19-7-5-4-6-8-19)20-11-13-21(29-2)14-12-20/h4-16,25H,3,17H2,1-2H3,(H,26,28). The maximum absolute atomic E-state index is 12.6.